The largest absolute Gasteiger partial charge is 0.417 e. The van der Waals surface area contributed by atoms with Crippen molar-refractivity contribution in [2.75, 3.05) is 11.1 Å². The average Bonchev–Trinajstić information content (AvgIpc) is 2.69. The van der Waals surface area contributed by atoms with E-state index in [1.54, 1.807) is 6.92 Å². The maximum absolute atomic E-state index is 12.7. The molecule has 0 aliphatic heterocycles. The van der Waals surface area contributed by atoms with Gasteiger partial charge in [-0.1, -0.05) is 22.9 Å². The number of amides is 1. The summed E-state index contributed by atoms with van der Waals surface area (Å²) in [4.78, 5) is 16.1. The third-order valence-electron chi connectivity index (χ3n) is 2.55. The topological polar surface area (TPSA) is 68.0 Å². The van der Waals surface area contributed by atoms with E-state index in [0.29, 0.717) is 5.69 Å². The van der Waals surface area contributed by atoms with Gasteiger partial charge in [-0.05, 0) is 25.1 Å². The van der Waals surface area contributed by atoms with Crippen molar-refractivity contribution in [3.05, 3.63) is 39.4 Å². The van der Waals surface area contributed by atoms with E-state index in [9.17, 15) is 18.0 Å². The molecule has 0 saturated carbocycles. The van der Waals surface area contributed by atoms with Crippen LogP contribution >= 0.6 is 22.9 Å². The number of aryl methyl sites for hydroxylation is 1. The summed E-state index contributed by atoms with van der Waals surface area (Å²) < 4.78 is 38.2. The number of benzene rings is 1. The van der Waals surface area contributed by atoms with Crippen LogP contribution in [0, 0.1) is 6.92 Å². The first-order valence-corrected chi connectivity index (χ1v) is 6.79. The highest BCUT2D eigenvalue weighted by atomic mass is 35.5. The maximum atomic E-state index is 12.7. The van der Waals surface area contributed by atoms with Gasteiger partial charge < -0.3 is 11.1 Å². The van der Waals surface area contributed by atoms with Gasteiger partial charge >= 0.3 is 6.18 Å². The van der Waals surface area contributed by atoms with Gasteiger partial charge in [0.2, 0.25) is 0 Å². The molecule has 21 heavy (non-hydrogen) atoms. The number of hydrogen-bond donors (Lipinski definition) is 2. The molecule has 1 aromatic heterocycles. The van der Waals surface area contributed by atoms with E-state index in [4.69, 9.17) is 17.3 Å². The number of alkyl halides is 3. The molecule has 1 heterocycles. The minimum Gasteiger partial charge on any atom is -0.375 e. The number of nitrogens with zero attached hydrogens (tertiary/aromatic N) is 1. The number of halogens is 4. The van der Waals surface area contributed by atoms with E-state index in [0.717, 1.165) is 23.5 Å². The van der Waals surface area contributed by atoms with Gasteiger partial charge in [-0.25, -0.2) is 4.98 Å². The Labute approximate surface area is 126 Å². The van der Waals surface area contributed by atoms with Gasteiger partial charge in [0.15, 0.2) is 5.13 Å². The number of rotatable bonds is 2. The number of aromatic nitrogens is 1. The number of thiazole rings is 1. The molecule has 0 atom stereocenters. The first-order chi connectivity index (χ1) is 9.68. The molecule has 2 aromatic rings. The summed E-state index contributed by atoms with van der Waals surface area (Å²) in [5.41, 5.74) is 4.87. The second-order valence-electron chi connectivity index (χ2n) is 4.11. The van der Waals surface area contributed by atoms with E-state index in [-0.39, 0.29) is 15.7 Å². The van der Waals surface area contributed by atoms with Crippen LogP contribution in [-0.4, -0.2) is 10.9 Å². The smallest absolute Gasteiger partial charge is 0.375 e. The monoisotopic (exact) mass is 335 g/mol. The van der Waals surface area contributed by atoms with Gasteiger partial charge in [-0.15, -0.1) is 0 Å². The molecule has 0 bridgehead atoms. The third kappa shape index (κ3) is 3.45. The van der Waals surface area contributed by atoms with Crippen LogP contribution in [0.4, 0.5) is 24.0 Å². The minimum absolute atomic E-state index is 0.0110. The van der Waals surface area contributed by atoms with Crippen molar-refractivity contribution in [3.63, 3.8) is 0 Å². The summed E-state index contributed by atoms with van der Waals surface area (Å²) >= 11 is 6.47. The predicted molar refractivity (Wildman–Crippen MR) is 75.7 cm³/mol. The SMILES string of the molecule is Cc1nc(N)sc1C(=O)Nc1ccc(Cl)c(C(F)(F)F)c1. The van der Waals surface area contributed by atoms with Crippen LogP contribution in [0.1, 0.15) is 20.9 Å². The number of anilines is 2. The molecule has 1 amide bonds. The van der Waals surface area contributed by atoms with Gasteiger partial charge in [-0.2, -0.15) is 13.2 Å². The van der Waals surface area contributed by atoms with Crippen LogP contribution in [0.15, 0.2) is 18.2 Å². The molecule has 0 aliphatic carbocycles. The highest BCUT2D eigenvalue weighted by Gasteiger charge is 2.33. The van der Waals surface area contributed by atoms with Crippen molar-refractivity contribution < 1.29 is 18.0 Å². The van der Waals surface area contributed by atoms with Crippen LogP contribution < -0.4 is 11.1 Å². The summed E-state index contributed by atoms with van der Waals surface area (Å²) in [6.07, 6.45) is -4.59. The average molecular weight is 336 g/mol. The zero-order valence-corrected chi connectivity index (χ0v) is 12.2. The number of nitrogens with two attached hydrogens (primary N) is 1. The van der Waals surface area contributed by atoms with Gasteiger partial charge in [-0.3, -0.25) is 4.79 Å². The van der Waals surface area contributed by atoms with Crippen LogP contribution in [0.3, 0.4) is 0 Å². The summed E-state index contributed by atoms with van der Waals surface area (Å²) in [7, 11) is 0. The Morgan fingerprint density at radius 2 is 2.10 bits per heavy atom. The van der Waals surface area contributed by atoms with E-state index < -0.39 is 22.7 Å². The number of hydrogen-bond acceptors (Lipinski definition) is 4. The Hall–Kier alpha value is -1.80. The van der Waals surface area contributed by atoms with Crippen molar-refractivity contribution in [1.29, 1.82) is 0 Å². The zero-order chi connectivity index (χ0) is 15.8. The molecule has 0 radical (unpaired) electrons. The fraction of sp³-hybridized carbons (Fsp3) is 0.167. The molecule has 2 rings (SSSR count). The van der Waals surface area contributed by atoms with Crippen LogP contribution in [0.5, 0.6) is 0 Å². The molecular weight excluding hydrogens is 327 g/mol. The van der Waals surface area contributed by atoms with E-state index in [2.05, 4.69) is 10.3 Å². The molecule has 0 aliphatic rings. The molecule has 9 heteroatoms. The molecule has 3 N–H and O–H groups in total. The molecule has 0 fully saturated rings. The number of carbonyl (C=O) groups is 1. The fourth-order valence-corrected chi connectivity index (χ4v) is 2.59. The fourth-order valence-electron chi connectivity index (χ4n) is 1.64. The normalized spacial score (nSPS) is 11.5. The van der Waals surface area contributed by atoms with Crippen LogP contribution in [0.25, 0.3) is 0 Å². The molecule has 112 valence electrons. The van der Waals surface area contributed by atoms with Gasteiger partial charge in [0.1, 0.15) is 4.88 Å². The third-order valence-corrected chi connectivity index (χ3v) is 3.86. The molecular formula is C12H9ClF3N3OS. The Bertz CT molecular complexity index is 700. The molecule has 1 aromatic carbocycles. The second-order valence-corrected chi connectivity index (χ2v) is 5.55. The quantitative estimate of drug-likeness (QED) is 0.873. The lowest BCUT2D eigenvalue weighted by Crippen LogP contribution is -2.13. The highest BCUT2D eigenvalue weighted by Crippen LogP contribution is 2.36. The van der Waals surface area contributed by atoms with Crippen molar-refractivity contribution in [2.45, 2.75) is 13.1 Å². The van der Waals surface area contributed by atoms with E-state index in [1.807, 2.05) is 0 Å². The highest BCUT2D eigenvalue weighted by molar-refractivity contribution is 7.17. The predicted octanol–water partition coefficient (Wildman–Crippen LogP) is 3.96. The summed E-state index contributed by atoms with van der Waals surface area (Å²) in [5.74, 6) is -0.572. The minimum atomic E-state index is -4.59. The van der Waals surface area contributed by atoms with E-state index >= 15 is 0 Å². The summed E-state index contributed by atoms with van der Waals surface area (Å²) in [6, 6.07) is 3.14. The first kappa shape index (κ1) is 15.6. The lowest BCUT2D eigenvalue weighted by atomic mass is 10.2. The Morgan fingerprint density at radius 1 is 1.43 bits per heavy atom. The van der Waals surface area contributed by atoms with Crippen molar-refractivity contribution in [2.24, 2.45) is 0 Å². The molecule has 0 spiro atoms. The lowest BCUT2D eigenvalue weighted by Gasteiger charge is -2.11. The number of nitrogens with one attached hydrogen (secondary N) is 1. The molecule has 4 nitrogen and oxygen atoms in total. The van der Waals surface area contributed by atoms with E-state index in [1.165, 1.54) is 6.07 Å². The zero-order valence-electron chi connectivity index (χ0n) is 10.6. The summed E-state index contributed by atoms with van der Waals surface area (Å²) in [5, 5.41) is 2.15. The van der Waals surface area contributed by atoms with Gasteiger partial charge in [0.05, 0.1) is 16.3 Å². The standard InChI is InChI=1S/C12H9ClF3N3OS/c1-5-9(21-11(17)18-5)10(20)19-6-2-3-8(13)7(4-6)12(14,15)16/h2-4H,1H3,(H2,17,18)(H,19,20). The lowest BCUT2D eigenvalue weighted by molar-refractivity contribution is -0.137. The molecule has 0 unspecified atom stereocenters. The van der Waals surface area contributed by atoms with Crippen molar-refractivity contribution >= 4 is 39.7 Å². The Kier molecular flexibility index (Phi) is 4.11. The van der Waals surface area contributed by atoms with Crippen molar-refractivity contribution in [1.82, 2.24) is 4.98 Å². The Balaban J connectivity index is 2.28. The maximum Gasteiger partial charge on any atom is 0.417 e. The summed E-state index contributed by atoms with van der Waals surface area (Å²) in [6.45, 7) is 1.59. The molecule has 0 saturated heterocycles. The number of carbonyl (C=O) groups excluding carboxylic acids is 1. The second kappa shape index (κ2) is 5.53. The van der Waals surface area contributed by atoms with Gasteiger partial charge in [0, 0.05) is 5.69 Å². The van der Waals surface area contributed by atoms with Gasteiger partial charge in [0.25, 0.3) is 5.91 Å². The van der Waals surface area contributed by atoms with Crippen LogP contribution in [0.2, 0.25) is 5.02 Å². The first-order valence-electron chi connectivity index (χ1n) is 5.59. The van der Waals surface area contributed by atoms with Crippen molar-refractivity contribution in [3.8, 4) is 0 Å². The van der Waals surface area contributed by atoms with Crippen LogP contribution in [-0.2, 0) is 6.18 Å². The number of nitrogen functional groups attached to an aromatic ring is 1. The Morgan fingerprint density at radius 3 is 2.62 bits per heavy atom.